The average Bonchev–Trinajstić information content (AvgIpc) is 2.43. The summed E-state index contributed by atoms with van der Waals surface area (Å²) in [5, 5.41) is 11.9. The maximum atomic E-state index is 11.8. The molecule has 1 aromatic carbocycles. The summed E-state index contributed by atoms with van der Waals surface area (Å²) in [5.41, 5.74) is -1.13. The molecule has 0 aliphatic carbocycles. The SMILES string of the molecule is C=CC(=O)[C@](CC=O)(NCc1ccccc1)C(=O)O. The second kappa shape index (κ2) is 6.61. The number of carboxylic acids is 1. The van der Waals surface area contributed by atoms with Crippen molar-refractivity contribution in [1.29, 1.82) is 0 Å². The zero-order chi connectivity index (χ0) is 14.3. The number of aliphatic carboxylic acids is 1. The van der Waals surface area contributed by atoms with Crippen LogP contribution in [0.2, 0.25) is 0 Å². The molecule has 19 heavy (non-hydrogen) atoms. The fourth-order valence-corrected chi connectivity index (χ4v) is 1.68. The molecule has 0 saturated heterocycles. The molecule has 0 unspecified atom stereocenters. The van der Waals surface area contributed by atoms with Crippen LogP contribution in [0.25, 0.3) is 0 Å². The van der Waals surface area contributed by atoms with Gasteiger partial charge in [-0.05, 0) is 11.6 Å². The van der Waals surface area contributed by atoms with E-state index >= 15 is 0 Å². The van der Waals surface area contributed by atoms with Gasteiger partial charge in [-0.15, -0.1) is 0 Å². The van der Waals surface area contributed by atoms with E-state index in [1.165, 1.54) is 0 Å². The largest absolute Gasteiger partial charge is 0.480 e. The predicted octanol–water partition coefficient (Wildman–Crippen LogP) is 0.944. The first kappa shape index (κ1) is 14.8. The summed E-state index contributed by atoms with van der Waals surface area (Å²) in [5.74, 6) is -2.12. The summed E-state index contributed by atoms with van der Waals surface area (Å²) >= 11 is 0. The van der Waals surface area contributed by atoms with Crippen molar-refractivity contribution in [2.75, 3.05) is 0 Å². The Morgan fingerprint density at radius 2 is 1.95 bits per heavy atom. The first-order valence-corrected chi connectivity index (χ1v) is 5.69. The zero-order valence-corrected chi connectivity index (χ0v) is 10.3. The first-order chi connectivity index (χ1) is 9.06. The lowest BCUT2D eigenvalue weighted by atomic mass is 9.90. The highest BCUT2D eigenvalue weighted by molar-refractivity contribution is 6.14. The van der Waals surface area contributed by atoms with Crippen molar-refractivity contribution in [3.63, 3.8) is 0 Å². The molecule has 5 heteroatoms. The summed E-state index contributed by atoms with van der Waals surface area (Å²) in [6, 6.07) is 9.01. The third-order valence-electron chi connectivity index (χ3n) is 2.80. The Balaban J connectivity index is 2.96. The van der Waals surface area contributed by atoms with E-state index in [1.807, 2.05) is 6.07 Å². The van der Waals surface area contributed by atoms with E-state index in [1.54, 1.807) is 24.3 Å². The Hall–Kier alpha value is -2.27. The second-order valence-corrected chi connectivity index (χ2v) is 3.99. The monoisotopic (exact) mass is 261 g/mol. The molecule has 0 radical (unpaired) electrons. The minimum absolute atomic E-state index is 0.167. The van der Waals surface area contributed by atoms with Crippen molar-refractivity contribution in [1.82, 2.24) is 5.32 Å². The molecule has 5 nitrogen and oxygen atoms in total. The number of hydrogen-bond acceptors (Lipinski definition) is 4. The van der Waals surface area contributed by atoms with Gasteiger partial charge in [0.15, 0.2) is 11.3 Å². The molecule has 0 saturated carbocycles. The van der Waals surface area contributed by atoms with Gasteiger partial charge < -0.3 is 9.90 Å². The van der Waals surface area contributed by atoms with Crippen LogP contribution in [0, 0.1) is 0 Å². The standard InChI is InChI=1S/C14H15NO4/c1-2-12(17)14(8-9-16,13(18)19)15-10-11-6-4-3-5-7-11/h2-7,9,15H,1,8,10H2,(H,18,19)/t14-/m0/s1. The number of carbonyl (C=O) groups excluding carboxylic acids is 2. The molecule has 0 fully saturated rings. The van der Waals surface area contributed by atoms with E-state index in [9.17, 15) is 19.5 Å². The smallest absolute Gasteiger partial charge is 0.332 e. The van der Waals surface area contributed by atoms with Crippen LogP contribution >= 0.6 is 0 Å². The number of carboxylic acid groups (broad SMARTS) is 1. The van der Waals surface area contributed by atoms with Gasteiger partial charge in [0.2, 0.25) is 0 Å². The lowest BCUT2D eigenvalue weighted by molar-refractivity contribution is -0.150. The Morgan fingerprint density at radius 1 is 1.32 bits per heavy atom. The van der Waals surface area contributed by atoms with Crippen molar-refractivity contribution in [3.8, 4) is 0 Å². The van der Waals surface area contributed by atoms with Crippen molar-refractivity contribution in [3.05, 3.63) is 48.6 Å². The second-order valence-electron chi connectivity index (χ2n) is 3.99. The molecule has 0 bridgehead atoms. The number of nitrogens with one attached hydrogen (secondary N) is 1. The zero-order valence-electron chi connectivity index (χ0n) is 10.3. The molecule has 0 aromatic heterocycles. The number of ketones is 1. The van der Waals surface area contributed by atoms with Gasteiger partial charge in [0.05, 0.1) is 0 Å². The van der Waals surface area contributed by atoms with E-state index in [4.69, 9.17) is 0 Å². The van der Waals surface area contributed by atoms with Gasteiger partial charge in [-0.1, -0.05) is 36.9 Å². The van der Waals surface area contributed by atoms with Crippen molar-refractivity contribution in [2.24, 2.45) is 0 Å². The summed E-state index contributed by atoms with van der Waals surface area (Å²) in [6.07, 6.45) is 0.878. The molecule has 1 atom stereocenters. The van der Waals surface area contributed by atoms with E-state index < -0.39 is 23.7 Å². The van der Waals surface area contributed by atoms with E-state index in [2.05, 4.69) is 11.9 Å². The van der Waals surface area contributed by atoms with E-state index in [0.717, 1.165) is 11.6 Å². The van der Waals surface area contributed by atoms with Gasteiger partial charge in [-0.2, -0.15) is 0 Å². The van der Waals surface area contributed by atoms with E-state index in [-0.39, 0.29) is 6.54 Å². The minimum Gasteiger partial charge on any atom is -0.480 e. The molecule has 0 spiro atoms. The Bertz CT molecular complexity index is 483. The molecule has 0 amide bonds. The summed E-state index contributed by atoms with van der Waals surface area (Å²) in [4.78, 5) is 33.8. The highest BCUT2D eigenvalue weighted by Crippen LogP contribution is 2.14. The van der Waals surface area contributed by atoms with Gasteiger partial charge in [-0.25, -0.2) is 4.79 Å². The van der Waals surface area contributed by atoms with Crippen LogP contribution < -0.4 is 5.32 Å². The molecule has 100 valence electrons. The van der Waals surface area contributed by atoms with Gasteiger partial charge in [0, 0.05) is 13.0 Å². The summed E-state index contributed by atoms with van der Waals surface area (Å²) in [7, 11) is 0. The van der Waals surface area contributed by atoms with Crippen LogP contribution in [0.3, 0.4) is 0 Å². The number of hydrogen-bond donors (Lipinski definition) is 2. The number of aldehydes is 1. The predicted molar refractivity (Wildman–Crippen MR) is 69.5 cm³/mol. The van der Waals surface area contributed by atoms with Crippen LogP contribution in [0.1, 0.15) is 12.0 Å². The third-order valence-corrected chi connectivity index (χ3v) is 2.80. The van der Waals surface area contributed by atoms with Crippen LogP contribution in [-0.4, -0.2) is 28.7 Å². The third kappa shape index (κ3) is 3.35. The van der Waals surface area contributed by atoms with E-state index in [0.29, 0.717) is 6.29 Å². The fraction of sp³-hybridized carbons (Fsp3) is 0.214. The molecule has 0 aliphatic heterocycles. The highest BCUT2D eigenvalue weighted by Gasteiger charge is 2.43. The maximum Gasteiger partial charge on any atom is 0.332 e. The van der Waals surface area contributed by atoms with Crippen LogP contribution in [0.5, 0.6) is 0 Å². The minimum atomic E-state index is -1.95. The highest BCUT2D eigenvalue weighted by atomic mass is 16.4. The number of rotatable bonds is 8. The molecular weight excluding hydrogens is 246 g/mol. The van der Waals surface area contributed by atoms with Gasteiger partial charge in [0.1, 0.15) is 6.29 Å². The van der Waals surface area contributed by atoms with Gasteiger partial charge in [0.25, 0.3) is 0 Å². The van der Waals surface area contributed by atoms with Crippen LogP contribution in [0.15, 0.2) is 43.0 Å². The van der Waals surface area contributed by atoms with Gasteiger partial charge >= 0.3 is 5.97 Å². The van der Waals surface area contributed by atoms with Crippen molar-refractivity contribution >= 4 is 18.0 Å². The lowest BCUT2D eigenvalue weighted by Crippen LogP contribution is -2.57. The number of carbonyl (C=O) groups is 3. The fourth-order valence-electron chi connectivity index (χ4n) is 1.68. The lowest BCUT2D eigenvalue weighted by Gasteiger charge is -2.26. The molecule has 0 heterocycles. The molecular formula is C14H15NO4. The quantitative estimate of drug-likeness (QED) is 0.413. The average molecular weight is 261 g/mol. The topological polar surface area (TPSA) is 83.5 Å². The van der Waals surface area contributed by atoms with Crippen molar-refractivity contribution < 1.29 is 19.5 Å². The molecule has 0 aliphatic rings. The van der Waals surface area contributed by atoms with Crippen LogP contribution in [0.4, 0.5) is 0 Å². The normalized spacial score (nSPS) is 13.3. The van der Waals surface area contributed by atoms with Gasteiger partial charge in [-0.3, -0.25) is 10.1 Å². The number of benzene rings is 1. The maximum absolute atomic E-state index is 11.8. The molecule has 1 rings (SSSR count). The Kier molecular flexibility index (Phi) is 5.14. The van der Waals surface area contributed by atoms with Crippen molar-refractivity contribution in [2.45, 2.75) is 18.5 Å². The summed E-state index contributed by atoms with van der Waals surface area (Å²) < 4.78 is 0. The Morgan fingerprint density at radius 3 is 2.42 bits per heavy atom. The summed E-state index contributed by atoms with van der Waals surface area (Å²) in [6.45, 7) is 3.44. The molecule has 2 N–H and O–H groups in total. The first-order valence-electron chi connectivity index (χ1n) is 5.69. The van der Waals surface area contributed by atoms with Crippen LogP contribution in [-0.2, 0) is 20.9 Å². The Labute approximate surface area is 110 Å². The molecule has 1 aromatic rings.